The highest BCUT2D eigenvalue weighted by molar-refractivity contribution is 5.98. The van der Waals surface area contributed by atoms with Gasteiger partial charge < -0.3 is 14.7 Å². The van der Waals surface area contributed by atoms with E-state index in [1.807, 2.05) is 67.6 Å². The molecule has 0 bridgehead atoms. The van der Waals surface area contributed by atoms with Crippen molar-refractivity contribution in [2.24, 2.45) is 11.1 Å². The molecule has 0 heterocycles. The second-order valence-electron chi connectivity index (χ2n) is 5.96. The largest absolute Gasteiger partial charge is 0.466 e. The van der Waals surface area contributed by atoms with E-state index in [1.54, 1.807) is 19.1 Å². The van der Waals surface area contributed by atoms with E-state index in [1.165, 1.54) is 0 Å². The number of rotatable bonds is 9. The molecule has 2 aromatic rings. The average molecular weight is 367 g/mol. The lowest BCUT2D eigenvalue weighted by molar-refractivity contribution is -0.153. The molecule has 0 aliphatic carbocycles. The summed E-state index contributed by atoms with van der Waals surface area (Å²) in [5.41, 5.74) is 2.54. The quantitative estimate of drug-likeness (QED) is 0.417. The van der Waals surface area contributed by atoms with Gasteiger partial charge in [-0.25, -0.2) is 0 Å². The molecule has 2 rings (SSSR count). The SMILES string of the molecule is CCOC(=O)C(CO/N=C(\C)c1ccccc1)C(O)/C=C/c1ccccc1. The molecule has 0 amide bonds. The molecule has 0 radical (unpaired) electrons. The topological polar surface area (TPSA) is 68.1 Å². The van der Waals surface area contributed by atoms with Gasteiger partial charge in [0.05, 0.1) is 18.4 Å². The molecule has 0 aliphatic heterocycles. The first-order valence-electron chi connectivity index (χ1n) is 8.91. The molecule has 0 fully saturated rings. The third-order valence-corrected chi connectivity index (χ3v) is 3.93. The number of benzene rings is 2. The lowest BCUT2D eigenvalue weighted by atomic mass is 10.0. The first-order valence-corrected chi connectivity index (χ1v) is 8.91. The van der Waals surface area contributed by atoms with E-state index >= 15 is 0 Å². The number of ether oxygens (including phenoxy) is 1. The Morgan fingerprint density at radius 3 is 2.37 bits per heavy atom. The lowest BCUT2D eigenvalue weighted by Gasteiger charge is -2.18. The summed E-state index contributed by atoms with van der Waals surface area (Å²) in [6.07, 6.45) is 2.28. The van der Waals surface area contributed by atoms with E-state index in [2.05, 4.69) is 5.16 Å². The van der Waals surface area contributed by atoms with Crippen molar-refractivity contribution in [3.05, 3.63) is 77.9 Å². The normalized spacial score (nSPS) is 14.0. The van der Waals surface area contributed by atoms with Gasteiger partial charge in [-0.1, -0.05) is 78.0 Å². The van der Waals surface area contributed by atoms with Gasteiger partial charge in [0.2, 0.25) is 0 Å². The Bertz CT molecular complexity index is 756. The molecule has 0 aromatic heterocycles. The third kappa shape index (κ3) is 6.72. The minimum atomic E-state index is -1.04. The highest BCUT2D eigenvalue weighted by Crippen LogP contribution is 2.12. The Hall–Kier alpha value is -2.92. The first kappa shape index (κ1) is 20.4. The van der Waals surface area contributed by atoms with Crippen molar-refractivity contribution in [3.8, 4) is 0 Å². The van der Waals surface area contributed by atoms with Gasteiger partial charge in [-0.05, 0) is 25.0 Å². The molecular weight excluding hydrogens is 342 g/mol. The van der Waals surface area contributed by atoms with Crippen molar-refractivity contribution in [1.29, 1.82) is 0 Å². The fourth-order valence-corrected chi connectivity index (χ4v) is 2.41. The maximum Gasteiger partial charge on any atom is 0.315 e. The van der Waals surface area contributed by atoms with Gasteiger partial charge in [-0.2, -0.15) is 0 Å². The van der Waals surface area contributed by atoms with Crippen LogP contribution in [0.25, 0.3) is 6.08 Å². The molecule has 0 spiro atoms. The number of aliphatic hydroxyl groups excluding tert-OH is 1. The minimum absolute atomic E-state index is 0.0801. The van der Waals surface area contributed by atoms with Gasteiger partial charge in [0, 0.05) is 0 Å². The number of carbonyl (C=O) groups is 1. The number of hydrogen-bond donors (Lipinski definition) is 1. The van der Waals surface area contributed by atoms with E-state index in [0.29, 0.717) is 5.71 Å². The van der Waals surface area contributed by atoms with Crippen molar-refractivity contribution in [2.45, 2.75) is 20.0 Å². The fraction of sp³-hybridized carbons (Fsp3) is 0.273. The van der Waals surface area contributed by atoms with Crippen LogP contribution in [-0.4, -0.2) is 36.1 Å². The van der Waals surface area contributed by atoms with Crippen LogP contribution in [0, 0.1) is 5.92 Å². The van der Waals surface area contributed by atoms with Gasteiger partial charge in [0.1, 0.15) is 12.5 Å². The Kier molecular flexibility index (Phi) is 8.26. The minimum Gasteiger partial charge on any atom is -0.466 e. The van der Waals surface area contributed by atoms with Gasteiger partial charge >= 0.3 is 5.97 Å². The number of esters is 1. The standard InChI is InChI=1S/C22H25NO4/c1-3-26-22(25)20(21(24)15-14-18-10-6-4-7-11-18)16-27-23-17(2)19-12-8-5-9-13-19/h4-15,20-21,24H,3,16H2,1-2H3/b15-14+,23-17+. The number of hydrogen-bond acceptors (Lipinski definition) is 5. The molecule has 0 saturated carbocycles. The molecule has 142 valence electrons. The predicted octanol–water partition coefficient (Wildman–Crippen LogP) is 3.68. The smallest absolute Gasteiger partial charge is 0.315 e. The molecule has 0 aliphatic rings. The number of carbonyl (C=O) groups excluding carboxylic acids is 1. The van der Waals surface area contributed by atoms with Crippen molar-refractivity contribution in [3.63, 3.8) is 0 Å². The zero-order chi connectivity index (χ0) is 19.5. The van der Waals surface area contributed by atoms with Crippen molar-refractivity contribution in [2.75, 3.05) is 13.2 Å². The highest BCUT2D eigenvalue weighted by Gasteiger charge is 2.27. The molecule has 5 heteroatoms. The summed E-state index contributed by atoms with van der Waals surface area (Å²) in [6, 6.07) is 19.1. The zero-order valence-corrected chi connectivity index (χ0v) is 15.6. The van der Waals surface area contributed by atoms with Crippen LogP contribution in [0.5, 0.6) is 0 Å². The average Bonchev–Trinajstić information content (AvgIpc) is 2.71. The van der Waals surface area contributed by atoms with Gasteiger partial charge in [0.15, 0.2) is 0 Å². The predicted molar refractivity (Wildman–Crippen MR) is 106 cm³/mol. The van der Waals surface area contributed by atoms with Gasteiger partial charge in [0.25, 0.3) is 0 Å². The molecule has 27 heavy (non-hydrogen) atoms. The van der Waals surface area contributed by atoms with Crippen LogP contribution in [0.3, 0.4) is 0 Å². The van der Waals surface area contributed by atoms with E-state index in [9.17, 15) is 9.90 Å². The zero-order valence-electron chi connectivity index (χ0n) is 15.6. The summed E-state index contributed by atoms with van der Waals surface area (Å²) in [7, 11) is 0. The van der Waals surface area contributed by atoms with E-state index in [4.69, 9.17) is 9.57 Å². The molecule has 2 aromatic carbocycles. The van der Waals surface area contributed by atoms with Crippen LogP contribution in [0.15, 0.2) is 71.9 Å². The van der Waals surface area contributed by atoms with Crippen LogP contribution in [-0.2, 0) is 14.4 Å². The van der Waals surface area contributed by atoms with Crippen LogP contribution in [0.1, 0.15) is 25.0 Å². The number of nitrogens with zero attached hydrogens (tertiary/aromatic N) is 1. The Morgan fingerprint density at radius 1 is 1.11 bits per heavy atom. The molecular formula is C22H25NO4. The van der Waals surface area contributed by atoms with Crippen LogP contribution >= 0.6 is 0 Å². The first-order chi connectivity index (χ1) is 13.1. The second kappa shape index (κ2) is 10.9. The third-order valence-electron chi connectivity index (χ3n) is 3.93. The summed E-state index contributed by atoms with van der Waals surface area (Å²) in [5.74, 6) is -1.38. The Balaban J connectivity index is 2.03. The molecule has 0 saturated heterocycles. The highest BCUT2D eigenvalue weighted by atomic mass is 16.6. The van der Waals surface area contributed by atoms with E-state index in [-0.39, 0.29) is 13.2 Å². The summed E-state index contributed by atoms with van der Waals surface area (Å²) >= 11 is 0. The van der Waals surface area contributed by atoms with Crippen molar-refractivity contribution >= 4 is 17.8 Å². The summed E-state index contributed by atoms with van der Waals surface area (Å²) in [4.78, 5) is 17.5. The van der Waals surface area contributed by atoms with Crippen LogP contribution < -0.4 is 0 Å². The maximum absolute atomic E-state index is 12.2. The van der Waals surface area contributed by atoms with Crippen molar-refractivity contribution in [1.82, 2.24) is 0 Å². The lowest BCUT2D eigenvalue weighted by Crippen LogP contribution is -2.32. The Labute approximate surface area is 159 Å². The van der Waals surface area contributed by atoms with Crippen LogP contribution in [0.2, 0.25) is 0 Å². The van der Waals surface area contributed by atoms with E-state index < -0.39 is 18.0 Å². The van der Waals surface area contributed by atoms with Crippen molar-refractivity contribution < 1.29 is 19.5 Å². The maximum atomic E-state index is 12.2. The summed E-state index contributed by atoms with van der Waals surface area (Å²) in [5, 5.41) is 14.5. The van der Waals surface area contributed by atoms with Gasteiger partial charge in [-0.3, -0.25) is 4.79 Å². The molecule has 2 unspecified atom stereocenters. The molecule has 1 N–H and O–H groups in total. The summed E-state index contributed by atoms with van der Waals surface area (Å²) < 4.78 is 5.06. The van der Waals surface area contributed by atoms with Crippen LogP contribution in [0.4, 0.5) is 0 Å². The fourth-order valence-electron chi connectivity index (χ4n) is 2.41. The van der Waals surface area contributed by atoms with E-state index in [0.717, 1.165) is 11.1 Å². The second-order valence-corrected chi connectivity index (χ2v) is 5.96. The Morgan fingerprint density at radius 2 is 1.74 bits per heavy atom. The summed E-state index contributed by atoms with van der Waals surface area (Å²) in [6.45, 7) is 3.69. The monoisotopic (exact) mass is 367 g/mol. The number of aliphatic hydroxyl groups is 1. The number of oxime groups is 1. The molecule has 5 nitrogen and oxygen atoms in total. The van der Waals surface area contributed by atoms with Gasteiger partial charge in [-0.15, -0.1) is 0 Å². The molecule has 2 atom stereocenters.